The first kappa shape index (κ1) is 17.5. The number of fused-ring (bicyclic) bond motifs is 1. The molecule has 134 valence electrons. The molecule has 2 aromatic heterocycles. The zero-order chi connectivity index (χ0) is 18.0. The van der Waals surface area contributed by atoms with Crippen LogP contribution in [0.15, 0.2) is 23.1 Å². The zero-order valence-corrected chi connectivity index (χ0v) is 15.2. The normalized spacial score (nSPS) is 18.6. The number of piperidine rings is 1. The summed E-state index contributed by atoms with van der Waals surface area (Å²) in [6, 6.07) is 2.27. The van der Waals surface area contributed by atoms with Gasteiger partial charge in [-0.1, -0.05) is 6.92 Å². The van der Waals surface area contributed by atoms with E-state index in [1.165, 1.54) is 12.5 Å². The van der Waals surface area contributed by atoms with Crippen molar-refractivity contribution in [2.75, 3.05) is 6.54 Å². The van der Waals surface area contributed by atoms with Gasteiger partial charge < -0.3 is 9.88 Å². The maximum atomic E-state index is 12.5. The van der Waals surface area contributed by atoms with Gasteiger partial charge in [-0.15, -0.1) is 0 Å². The molecule has 1 saturated heterocycles. The first-order chi connectivity index (χ1) is 12.0. The molecule has 25 heavy (non-hydrogen) atoms. The molecular weight excluding hydrogens is 316 g/mol. The van der Waals surface area contributed by atoms with E-state index >= 15 is 0 Å². The standard InChI is InChI=1S/C19H26N4O2/c1-4-16-7-5-6-10-22(16)17(24)9-8-14-11-15-12-20-23(13(2)3)18(15)21-19(14)25/h8-9,11-13,16H,4-7,10H2,1-3H3,(H,21,25). The highest BCUT2D eigenvalue weighted by atomic mass is 16.2. The van der Waals surface area contributed by atoms with Crippen LogP contribution in [0.4, 0.5) is 0 Å². The third-order valence-electron chi connectivity index (χ3n) is 4.90. The van der Waals surface area contributed by atoms with Crippen molar-refractivity contribution in [1.82, 2.24) is 19.7 Å². The van der Waals surface area contributed by atoms with E-state index in [1.807, 2.05) is 18.7 Å². The maximum absolute atomic E-state index is 12.5. The lowest BCUT2D eigenvalue weighted by molar-refractivity contribution is -0.129. The molecular formula is C19H26N4O2. The summed E-state index contributed by atoms with van der Waals surface area (Å²) in [5, 5.41) is 5.18. The monoisotopic (exact) mass is 342 g/mol. The minimum Gasteiger partial charge on any atom is -0.336 e. The fourth-order valence-corrected chi connectivity index (χ4v) is 3.51. The highest BCUT2D eigenvalue weighted by molar-refractivity contribution is 5.92. The smallest absolute Gasteiger partial charge is 0.256 e. The van der Waals surface area contributed by atoms with Crippen LogP contribution < -0.4 is 5.56 Å². The molecule has 1 fully saturated rings. The van der Waals surface area contributed by atoms with Gasteiger partial charge in [0.1, 0.15) is 5.65 Å². The van der Waals surface area contributed by atoms with Gasteiger partial charge in [0.15, 0.2) is 0 Å². The average molecular weight is 342 g/mol. The summed E-state index contributed by atoms with van der Waals surface area (Å²) in [4.78, 5) is 29.7. The summed E-state index contributed by atoms with van der Waals surface area (Å²) >= 11 is 0. The quantitative estimate of drug-likeness (QED) is 0.868. The predicted molar refractivity (Wildman–Crippen MR) is 99.4 cm³/mol. The average Bonchev–Trinajstić information content (AvgIpc) is 3.02. The van der Waals surface area contributed by atoms with Gasteiger partial charge in [-0.3, -0.25) is 9.59 Å². The van der Waals surface area contributed by atoms with Gasteiger partial charge in [-0.2, -0.15) is 5.10 Å². The van der Waals surface area contributed by atoms with Crippen molar-refractivity contribution in [1.29, 1.82) is 0 Å². The molecule has 6 heteroatoms. The van der Waals surface area contributed by atoms with Crippen molar-refractivity contribution in [3.63, 3.8) is 0 Å². The van der Waals surface area contributed by atoms with Crippen LogP contribution in [-0.2, 0) is 4.79 Å². The van der Waals surface area contributed by atoms with Crippen LogP contribution in [0.1, 0.15) is 58.1 Å². The van der Waals surface area contributed by atoms with Gasteiger partial charge in [0.25, 0.3) is 5.56 Å². The molecule has 0 bridgehead atoms. The molecule has 2 aromatic rings. The van der Waals surface area contributed by atoms with E-state index in [-0.39, 0.29) is 17.5 Å². The number of H-pyrrole nitrogens is 1. The number of rotatable bonds is 4. The molecule has 6 nitrogen and oxygen atoms in total. The van der Waals surface area contributed by atoms with E-state index in [0.29, 0.717) is 17.3 Å². The van der Waals surface area contributed by atoms with Crippen molar-refractivity contribution < 1.29 is 4.79 Å². The minimum absolute atomic E-state index is 0.0103. The molecule has 0 radical (unpaired) electrons. The Morgan fingerprint density at radius 2 is 2.24 bits per heavy atom. The second kappa shape index (κ2) is 7.25. The Morgan fingerprint density at radius 3 is 2.96 bits per heavy atom. The number of hydrogen-bond donors (Lipinski definition) is 1. The highest BCUT2D eigenvalue weighted by Gasteiger charge is 2.23. The van der Waals surface area contributed by atoms with Gasteiger partial charge in [0.05, 0.1) is 6.20 Å². The Kier molecular flexibility index (Phi) is 5.06. The first-order valence-corrected chi connectivity index (χ1v) is 9.10. The first-order valence-electron chi connectivity index (χ1n) is 9.10. The molecule has 1 aliphatic rings. The number of nitrogens with zero attached hydrogens (tertiary/aromatic N) is 3. The van der Waals surface area contributed by atoms with E-state index < -0.39 is 0 Å². The fraction of sp³-hybridized carbons (Fsp3) is 0.526. The Bertz CT molecular complexity index is 847. The molecule has 1 N–H and O–H groups in total. The largest absolute Gasteiger partial charge is 0.336 e. The van der Waals surface area contributed by atoms with E-state index in [0.717, 1.165) is 31.2 Å². The van der Waals surface area contributed by atoms with Crippen molar-refractivity contribution in [2.45, 2.75) is 58.5 Å². The minimum atomic E-state index is -0.204. The van der Waals surface area contributed by atoms with E-state index in [4.69, 9.17) is 0 Å². The number of pyridine rings is 1. The van der Waals surface area contributed by atoms with Crippen LogP contribution in [0.3, 0.4) is 0 Å². The van der Waals surface area contributed by atoms with Crippen LogP contribution in [-0.4, -0.2) is 38.2 Å². The van der Waals surface area contributed by atoms with Gasteiger partial charge in [0.2, 0.25) is 5.91 Å². The third-order valence-corrected chi connectivity index (χ3v) is 4.90. The highest BCUT2D eigenvalue weighted by Crippen LogP contribution is 2.20. The van der Waals surface area contributed by atoms with Crippen molar-refractivity contribution >= 4 is 23.0 Å². The van der Waals surface area contributed by atoms with E-state index in [1.54, 1.807) is 23.0 Å². The van der Waals surface area contributed by atoms with Crippen molar-refractivity contribution in [3.05, 3.63) is 34.3 Å². The number of nitrogens with one attached hydrogen (secondary N) is 1. The molecule has 0 spiro atoms. The topological polar surface area (TPSA) is 71.0 Å². The van der Waals surface area contributed by atoms with Gasteiger partial charge in [0, 0.05) is 35.7 Å². The van der Waals surface area contributed by atoms with Crippen molar-refractivity contribution in [3.8, 4) is 0 Å². The molecule has 0 aliphatic carbocycles. The van der Waals surface area contributed by atoms with Crippen LogP contribution in [0.25, 0.3) is 17.1 Å². The molecule has 0 saturated carbocycles. The molecule has 3 heterocycles. The van der Waals surface area contributed by atoms with Gasteiger partial charge >= 0.3 is 0 Å². The molecule has 1 aliphatic heterocycles. The lowest BCUT2D eigenvalue weighted by Gasteiger charge is -2.34. The number of amides is 1. The molecule has 3 rings (SSSR count). The number of hydrogen-bond acceptors (Lipinski definition) is 3. The lowest BCUT2D eigenvalue weighted by Crippen LogP contribution is -2.42. The van der Waals surface area contributed by atoms with Gasteiger partial charge in [-0.25, -0.2) is 4.68 Å². The SMILES string of the molecule is CCC1CCCCN1C(=O)C=Cc1cc2cnn(C(C)C)c2[nH]c1=O. The summed E-state index contributed by atoms with van der Waals surface area (Å²) in [6.07, 6.45) is 9.16. The van der Waals surface area contributed by atoms with Crippen LogP contribution >= 0.6 is 0 Å². The van der Waals surface area contributed by atoms with Gasteiger partial charge in [-0.05, 0) is 51.7 Å². The molecule has 1 atom stereocenters. The Morgan fingerprint density at radius 1 is 1.44 bits per heavy atom. The van der Waals surface area contributed by atoms with E-state index in [9.17, 15) is 9.59 Å². The van der Waals surface area contributed by atoms with Crippen LogP contribution in [0.5, 0.6) is 0 Å². The number of aromatic amines is 1. The zero-order valence-electron chi connectivity index (χ0n) is 15.2. The summed E-state index contributed by atoms with van der Waals surface area (Å²) in [6.45, 7) is 6.95. The summed E-state index contributed by atoms with van der Waals surface area (Å²) in [5.74, 6) is -0.0103. The van der Waals surface area contributed by atoms with Crippen LogP contribution in [0.2, 0.25) is 0 Å². The Hall–Kier alpha value is -2.37. The molecule has 0 aromatic carbocycles. The Labute approximate surface area is 147 Å². The lowest BCUT2D eigenvalue weighted by atomic mass is 10.00. The summed E-state index contributed by atoms with van der Waals surface area (Å²) < 4.78 is 1.79. The second-order valence-electron chi connectivity index (χ2n) is 6.96. The number of carbonyl (C=O) groups is 1. The summed E-state index contributed by atoms with van der Waals surface area (Å²) in [5.41, 5.74) is 0.990. The molecule has 1 amide bonds. The van der Waals surface area contributed by atoms with E-state index in [2.05, 4.69) is 17.0 Å². The van der Waals surface area contributed by atoms with Crippen molar-refractivity contribution in [2.24, 2.45) is 0 Å². The Balaban J connectivity index is 1.84. The van der Waals surface area contributed by atoms with Crippen LogP contribution in [0, 0.1) is 0 Å². The maximum Gasteiger partial charge on any atom is 0.256 e. The predicted octanol–water partition coefficient (Wildman–Crippen LogP) is 3.11. The number of likely N-dealkylation sites (tertiary alicyclic amines) is 1. The second-order valence-corrected chi connectivity index (χ2v) is 6.96. The fourth-order valence-electron chi connectivity index (χ4n) is 3.51. The molecule has 1 unspecified atom stereocenters. The number of aromatic nitrogens is 3. The number of carbonyl (C=O) groups excluding carboxylic acids is 1. The summed E-state index contributed by atoms with van der Waals surface area (Å²) in [7, 11) is 0. The third kappa shape index (κ3) is 3.52.